The molecule has 6 nitrogen and oxygen atoms in total. The molecular weight excluding hydrogens is 314 g/mol. The van der Waals surface area contributed by atoms with Gasteiger partial charge in [-0.25, -0.2) is 4.57 Å². The molecule has 106 valence electrons. The normalized spacial score (nSPS) is 11.4. The van der Waals surface area contributed by atoms with E-state index in [1.165, 1.54) is 0 Å². The maximum absolute atomic E-state index is 10.9. The van der Waals surface area contributed by atoms with Crippen LogP contribution in [0.2, 0.25) is 0 Å². The van der Waals surface area contributed by atoms with E-state index in [9.17, 15) is 9.59 Å². The van der Waals surface area contributed by atoms with Gasteiger partial charge in [-0.1, -0.05) is 0 Å². The first-order valence-corrected chi connectivity index (χ1v) is 5.78. The van der Waals surface area contributed by atoms with E-state index in [1.54, 1.807) is 24.5 Å². The molecule has 0 saturated carbocycles. The first kappa shape index (κ1) is 17.5. The summed E-state index contributed by atoms with van der Waals surface area (Å²) >= 11 is 0. The fourth-order valence-electron chi connectivity index (χ4n) is 1.55. The first-order valence-electron chi connectivity index (χ1n) is 5.78. The van der Waals surface area contributed by atoms with Crippen LogP contribution in [-0.2, 0) is 11.3 Å². The van der Waals surface area contributed by atoms with Gasteiger partial charge in [0.15, 0.2) is 12.4 Å². The second kappa shape index (κ2) is 8.60. The largest absolute Gasteiger partial charge is 1.00 e. The molecule has 1 aromatic rings. The summed E-state index contributed by atoms with van der Waals surface area (Å²) in [5.74, 6) is -1.41. The van der Waals surface area contributed by atoms with E-state index in [-0.39, 0.29) is 17.0 Å². The number of aromatic nitrogens is 1. The van der Waals surface area contributed by atoms with Gasteiger partial charge in [-0.15, -0.1) is 0 Å². The topological polar surface area (TPSA) is 110 Å². The Morgan fingerprint density at radius 3 is 2.32 bits per heavy atom. The van der Waals surface area contributed by atoms with Crippen LogP contribution in [0.1, 0.15) is 29.6 Å². The molecule has 1 amide bonds. The summed E-state index contributed by atoms with van der Waals surface area (Å²) in [7, 11) is 0. The predicted octanol–water partition coefficient (Wildman–Crippen LogP) is -3.34. The van der Waals surface area contributed by atoms with Gasteiger partial charge in [-0.2, -0.15) is 0 Å². The number of aliphatic carboxylic acids is 1. The summed E-state index contributed by atoms with van der Waals surface area (Å²) < 4.78 is 1.92. The SMILES string of the molecule is NC(=O)c1cc[n+](CCCC[C@H](N)C(=O)O)cc1.[Br-]. The molecule has 0 radical (unpaired) electrons. The van der Waals surface area contributed by atoms with Gasteiger partial charge >= 0.3 is 5.97 Å². The number of carbonyl (C=O) groups is 2. The number of pyridine rings is 1. The molecule has 0 aliphatic carbocycles. The summed E-state index contributed by atoms with van der Waals surface area (Å²) in [5, 5.41) is 8.61. The Hall–Kier alpha value is -1.47. The molecule has 1 heterocycles. The van der Waals surface area contributed by atoms with Crippen molar-refractivity contribution in [2.75, 3.05) is 0 Å². The fraction of sp³-hybridized carbons (Fsp3) is 0.417. The lowest BCUT2D eigenvalue weighted by Crippen LogP contribution is -3.00. The molecular formula is C12H18BrN3O3. The zero-order valence-electron chi connectivity index (χ0n) is 10.5. The molecule has 0 saturated heterocycles. The zero-order chi connectivity index (χ0) is 13.5. The van der Waals surface area contributed by atoms with Crippen LogP contribution in [0, 0.1) is 0 Å². The van der Waals surface area contributed by atoms with Crippen molar-refractivity contribution in [1.29, 1.82) is 0 Å². The van der Waals surface area contributed by atoms with Crippen molar-refractivity contribution < 1.29 is 36.2 Å². The van der Waals surface area contributed by atoms with Gasteiger partial charge < -0.3 is 33.6 Å². The number of nitrogens with two attached hydrogens (primary N) is 2. The minimum absolute atomic E-state index is 0. The summed E-state index contributed by atoms with van der Waals surface area (Å²) in [6.07, 6.45) is 5.60. The molecule has 0 bridgehead atoms. The van der Waals surface area contributed by atoms with Crippen LogP contribution in [-0.4, -0.2) is 23.0 Å². The third-order valence-electron chi connectivity index (χ3n) is 2.67. The van der Waals surface area contributed by atoms with Crippen LogP contribution in [0.3, 0.4) is 0 Å². The highest BCUT2D eigenvalue weighted by atomic mass is 79.9. The van der Waals surface area contributed by atoms with Gasteiger partial charge in [-0.3, -0.25) is 9.59 Å². The second-order valence-electron chi connectivity index (χ2n) is 4.13. The molecule has 19 heavy (non-hydrogen) atoms. The third kappa shape index (κ3) is 6.30. The lowest BCUT2D eigenvalue weighted by molar-refractivity contribution is -0.697. The number of primary amides is 1. The molecule has 5 N–H and O–H groups in total. The van der Waals surface area contributed by atoms with Crippen LogP contribution in [0.15, 0.2) is 24.5 Å². The fourth-order valence-corrected chi connectivity index (χ4v) is 1.55. The minimum atomic E-state index is -0.964. The number of rotatable bonds is 7. The van der Waals surface area contributed by atoms with Crippen LogP contribution < -0.4 is 33.0 Å². The second-order valence-corrected chi connectivity index (χ2v) is 4.13. The molecule has 1 rings (SSSR count). The van der Waals surface area contributed by atoms with Crippen molar-refractivity contribution >= 4 is 11.9 Å². The summed E-state index contributed by atoms with van der Waals surface area (Å²) in [6, 6.07) is 2.53. The number of amides is 1. The molecule has 0 aliphatic rings. The lowest BCUT2D eigenvalue weighted by Gasteiger charge is -2.04. The number of carboxylic acids is 1. The van der Waals surface area contributed by atoms with Crippen LogP contribution in [0.25, 0.3) is 0 Å². The average molecular weight is 332 g/mol. The molecule has 0 unspecified atom stereocenters. The third-order valence-corrected chi connectivity index (χ3v) is 2.67. The Morgan fingerprint density at radius 1 is 1.26 bits per heavy atom. The minimum Gasteiger partial charge on any atom is -1.00 e. The van der Waals surface area contributed by atoms with E-state index in [1.807, 2.05) is 4.57 Å². The monoisotopic (exact) mass is 331 g/mol. The van der Waals surface area contributed by atoms with E-state index in [2.05, 4.69) is 0 Å². The first-order chi connectivity index (χ1) is 8.50. The summed E-state index contributed by atoms with van der Waals surface area (Å²) in [6.45, 7) is 0.755. The van der Waals surface area contributed by atoms with Gasteiger partial charge in [0.1, 0.15) is 12.6 Å². The van der Waals surface area contributed by atoms with Gasteiger partial charge in [0, 0.05) is 18.6 Å². The van der Waals surface area contributed by atoms with Crippen molar-refractivity contribution in [3.63, 3.8) is 0 Å². The van der Waals surface area contributed by atoms with Crippen molar-refractivity contribution in [3.05, 3.63) is 30.1 Å². The van der Waals surface area contributed by atoms with E-state index >= 15 is 0 Å². The number of carbonyl (C=O) groups excluding carboxylic acids is 1. The predicted molar refractivity (Wildman–Crippen MR) is 64.6 cm³/mol. The van der Waals surface area contributed by atoms with Crippen molar-refractivity contribution in [3.8, 4) is 0 Å². The van der Waals surface area contributed by atoms with E-state index in [0.29, 0.717) is 12.0 Å². The Balaban J connectivity index is 0.00000324. The molecule has 1 aromatic heterocycles. The zero-order valence-corrected chi connectivity index (χ0v) is 12.0. The highest BCUT2D eigenvalue weighted by molar-refractivity contribution is 5.92. The number of nitrogens with zero attached hydrogens (tertiary/aromatic N) is 1. The number of unbranched alkanes of at least 4 members (excludes halogenated alkanes) is 1. The molecule has 0 aliphatic heterocycles. The Morgan fingerprint density at radius 2 is 1.84 bits per heavy atom. The number of carboxylic acid groups (broad SMARTS) is 1. The van der Waals surface area contributed by atoms with Crippen molar-refractivity contribution in [2.45, 2.75) is 31.8 Å². The Kier molecular flexibility index (Phi) is 7.94. The van der Waals surface area contributed by atoms with Crippen LogP contribution in [0.4, 0.5) is 0 Å². The highest BCUT2D eigenvalue weighted by Crippen LogP contribution is 2.00. The molecule has 7 heteroatoms. The van der Waals surface area contributed by atoms with Gasteiger partial charge in [-0.05, 0) is 12.8 Å². The number of hydrogen-bond donors (Lipinski definition) is 3. The lowest BCUT2D eigenvalue weighted by atomic mass is 10.1. The van der Waals surface area contributed by atoms with Crippen LogP contribution in [0.5, 0.6) is 0 Å². The van der Waals surface area contributed by atoms with Gasteiger partial charge in [0.2, 0.25) is 5.91 Å². The van der Waals surface area contributed by atoms with E-state index in [0.717, 1.165) is 19.4 Å². The van der Waals surface area contributed by atoms with E-state index < -0.39 is 17.9 Å². The maximum atomic E-state index is 10.9. The molecule has 0 fully saturated rings. The Bertz CT molecular complexity index is 423. The smallest absolute Gasteiger partial charge is 0.320 e. The van der Waals surface area contributed by atoms with Crippen molar-refractivity contribution in [1.82, 2.24) is 0 Å². The molecule has 1 atom stereocenters. The summed E-state index contributed by atoms with van der Waals surface area (Å²) in [5.41, 5.74) is 11.0. The quantitative estimate of drug-likeness (QED) is 0.358. The maximum Gasteiger partial charge on any atom is 0.320 e. The standard InChI is InChI=1S/C12H17N3O3.BrH/c13-10(12(17)18)3-1-2-6-15-7-4-9(5-8-15)11(14)16;/h4-5,7-8,10H,1-3,6,13H2,(H2-,14,16,17,18);1H/t10-;/m0./s1. The number of aryl methyl sites for hydroxylation is 1. The van der Waals surface area contributed by atoms with Crippen LogP contribution >= 0.6 is 0 Å². The number of halogens is 1. The van der Waals surface area contributed by atoms with Gasteiger partial charge in [0.25, 0.3) is 0 Å². The highest BCUT2D eigenvalue weighted by Gasteiger charge is 2.11. The van der Waals surface area contributed by atoms with Gasteiger partial charge in [0.05, 0.1) is 5.56 Å². The van der Waals surface area contributed by atoms with Crippen molar-refractivity contribution in [2.24, 2.45) is 11.5 Å². The Labute approximate surface area is 122 Å². The molecule has 0 aromatic carbocycles. The average Bonchev–Trinajstić information content (AvgIpc) is 2.34. The molecule has 0 spiro atoms. The van der Waals surface area contributed by atoms with E-state index in [4.69, 9.17) is 16.6 Å². The number of hydrogen-bond acceptors (Lipinski definition) is 3. The summed E-state index contributed by atoms with van der Waals surface area (Å²) in [4.78, 5) is 21.3.